The number of para-hydroxylation sites is 1. The van der Waals surface area contributed by atoms with E-state index in [1.807, 2.05) is 43.3 Å². The van der Waals surface area contributed by atoms with Crippen molar-refractivity contribution in [2.75, 3.05) is 12.8 Å². The number of ether oxygens (including phenoxy) is 1. The molecule has 0 fully saturated rings. The van der Waals surface area contributed by atoms with Gasteiger partial charge in [-0.1, -0.05) is 23.4 Å². The van der Waals surface area contributed by atoms with Crippen LogP contribution in [-0.2, 0) is 0 Å². The minimum absolute atomic E-state index is 0.337. The molecule has 3 aromatic rings. The molecule has 2 N–H and O–H groups in total. The summed E-state index contributed by atoms with van der Waals surface area (Å²) >= 11 is 0. The molecule has 0 aliphatic carbocycles. The molecule has 0 atom stereocenters. The molecule has 21 heavy (non-hydrogen) atoms. The number of aryl methyl sites for hydroxylation is 1. The van der Waals surface area contributed by atoms with Crippen molar-refractivity contribution >= 4 is 5.82 Å². The van der Waals surface area contributed by atoms with Crippen LogP contribution in [0.3, 0.4) is 0 Å². The molecular weight excluding hydrogens is 266 g/mol. The van der Waals surface area contributed by atoms with Gasteiger partial charge in [-0.05, 0) is 25.1 Å². The van der Waals surface area contributed by atoms with Gasteiger partial charge in [-0.15, -0.1) is 0 Å². The van der Waals surface area contributed by atoms with E-state index in [2.05, 4.69) is 10.1 Å². The summed E-state index contributed by atoms with van der Waals surface area (Å²) in [7, 11) is 1.62. The highest BCUT2D eigenvalue weighted by Gasteiger charge is 2.20. The maximum atomic E-state index is 6.00. The zero-order chi connectivity index (χ0) is 14.8. The Hall–Kier alpha value is -2.82. The third kappa shape index (κ3) is 2.33. The zero-order valence-electron chi connectivity index (χ0n) is 11.8. The average Bonchev–Trinajstić information content (AvgIpc) is 2.89. The Balaban J connectivity index is 2.22. The smallest absolute Gasteiger partial charge is 0.177 e. The van der Waals surface area contributed by atoms with E-state index in [4.69, 9.17) is 15.0 Å². The summed E-state index contributed by atoms with van der Waals surface area (Å²) in [5, 5.41) is 3.90. The number of aromatic nitrogens is 2. The second-order valence-corrected chi connectivity index (χ2v) is 4.66. The lowest BCUT2D eigenvalue weighted by Crippen LogP contribution is -1.92. The summed E-state index contributed by atoms with van der Waals surface area (Å²) in [5.41, 5.74) is 9.36. The Morgan fingerprint density at radius 3 is 2.76 bits per heavy atom. The van der Waals surface area contributed by atoms with E-state index in [0.717, 1.165) is 28.1 Å². The Bertz CT molecular complexity index is 781. The number of methoxy groups -OCH3 is 1. The van der Waals surface area contributed by atoms with E-state index in [1.165, 1.54) is 0 Å². The van der Waals surface area contributed by atoms with Gasteiger partial charge in [-0.2, -0.15) is 0 Å². The van der Waals surface area contributed by atoms with Crippen LogP contribution in [0, 0.1) is 6.92 Å². The molecule has 5 nitrogen and oxygen atoms in total. The first-order valence-corrected chi connectivity index (χ1v) is 6.52. The molecule has 0 aliphatic rings. The first kappa shape index (κ1) is 13.2. The van der Waals surface area contributed by atoms with Crippen LogP contribution in [0.2, 0.25) is 0 Å². The number of nitrogen functional groups attached to an aromatic ring is 1. The first-order valence-electron chi connectivity index (χ1n) is 6.52. The minimum Gasteiger partial charge on any atom is -0.496 e. The number of pyridine rings is 1. The van der Waals surface area contributed by atoms with Crippen molar-refractivity contribution in [2.24, 2.45) is 0 Å². The van der Waals surface area contributed by atoms with Crippen LogP contribution in [0.1, 0.15) is 5.69 Å². The van der Waals surface area contributed by atoms with Crippen molar-refractivity contribution in [2.45, 2.75) is 6.92 Å². The number of nitrogens with two attached hydrogens (primary N) is 1. The maximum Gasteiger partial charge on any atom is 0.177 e. The normalized spacial score (nSPS) is 10.6. The van der Waals surface area contributed by atoms with Crippen molar-refractivity contribution in [1.82, 2.24) is 10.1 Å². The fourth-order valence-corrected chi connectivity index (χ4v) is 2.30. The molecule has 0 saturated carbocycles. The molecule has 0 bridgehead atoms. The summed E-state index contributed by atoms with van der Waals surface area (Å²) in [6, 6.07) is 11.4. The quantitative estimate of drug-likeness (QED) is 0.797. The number of hydrogen-bond donors (Lipinski definition) is 1. The SMILES string of the molecule is COc1ccccc1-c1c(N)noc1-c1ccnc(C)c1. The Kier molecular flexibility index (Phi) is 3.31. The molecule has 1 aromatic carbocycles. The molecule has 5 heteroatoms. The van der Waals surface area contributed by atoms with Crippen LogP contribution >= 0.6 is 0 Å². The van der Waals surface area contributed by atoms with Crippen molar-refractivity contribution in [1.29, 1.82) is 0 Å². The highest BCUT2D eigenvalue weighted by atomic mass is 16.5. The summed E-state index contributed by atoms with van der Waals surface area (Å²) < 4.78 is 10.8. The number of benzene rings is 1. The number of anilines is 1. The zero-order valence-corrected chi connectivity index (χ0v) is 11.8. The van der Waals surface area contributed by atoms with Crippen molar-refractivity contribution in [3.05, 3.63) is 48.3 Å². The Morgan fingerprint density at radius 2 is 2.00 bits per heavy atom. The van der Waals surface area contributed by atoms with Crippen molar-refractivity contribution in [3.63, 3.8) is 0 Å². The topological polar surface area (TPSA) is 74.2 Å². The molecular formula is C16H15N3O2. The summed E-state index contributed by atoms with van der Waals surface area (Å²) in [6.45, 7) is 1.92. The van der Waals surface area contributed by atoms with Gasteiger partial charge in [0.2, 0.25) is 0 Å². The Morgan fingerprint density at radius 1 is 1.19 bits per heavy atom. The lowest BCUT2D eigenvalue weighted by atomic mass is 10.0. The van der Waals surface area contributed by atoms with Crippen LogP contribution in [0.25, 0.3) is 22.5 Å². The van der Waals surface area contributed by atoms with Gasteiger partial charge >= 0.3 is 0 Å². The van der Waals surface area contributed by atoms with Gasteiger partial charge in [-0.25, -0.2) is 0 Å². The second-order valence-electron chi connectivity index (χ2n) is 4.66. The van der Waals surface area contributed by atoms with Gasteiger partial charge < -0.3 is 15.0 Å². The van der Waals surface area contributed by atoms with Gasteiger partial charge in [0.1, 0.15) is 5.75 Å². The van der Waals surface area contributed by atoms with E-state index < -0.39 is 0 Å². The van der Waals surface area contributed by atoms with E-state index in [-0.39, 0.29) is 0 Å². The van der Waals surface area contributed by atoms with E-state index in [1.54, 1.807) is 13.3 Å². The number of hydrogen-bond acceptors (Lipinski definition) is 5. The van der Waals surface area contributed by atoms with Crippen molar-refractivity contribution in [3.8, 4) is 28.2 Å². The van der Waals surface area contributed by atoms with Gasteiger partial charge in [0.05, 0.1) is 12.7 Å². The van der Waals surface area contributed by atoms with E-state index in [9.17, 15) is 0 Å². The molecule has 0 aliphatic heterocycles. The molecule has 0 radical (unpaired) electrons. The van der Waals surface area contributed by atoms with Crippen LogP contribution < -0.4 is 10.5 Å². The van der Waals surface area contributed by atoms with Gasteiger partial charge in [0.15, 0.2) is 11.6 Å². The predicted octanol–water partition coefficient (Wildman–Crippen LogP) is 3.30. The predicted molar refractivity (Wildman–Crippen MR) is 80.9 cm³/mol. The van der Waals surface area contributed by atoms with Gasteiger partial charge in [0, 0.05) is 23.0 Å². The van der Waals surface area contributed by atoms with E-state index >= 15 is 0 Å². The number of rotatable bonds is 3. The second kappa shape index (κ2) is 5.28. The highest BCUT2D eigenvalue weighted by molar-refractivity contribution is 5.89. The van der Waals surface area contributed by atoms with Gasteiger partial charge in [0.25, 0.3) is 0 Å². The van der Waals surface area contributed by atoms with Crippen LogP contribution in [0.5, 0.6) is 5.75 Å². The van der Waals surface area contributed by atoms with Gasteiger partial charge in [-0.3, -0.25) is 4.98 Å². The fourth-order valence-electron chi connectivity index (χ4n) is 2.30. The highest BCUT2D eigenvalue weighted by Crippen LogP contribution is 2.40. The number of nitrogens with zero attached hydrogens (tertiary/aromatic N) is 2. The van der Waals surface area contributed by atoms with Crippen LogP contribution in [-0.4, -0.2) is 17.3 Å². The molecule has 0 saturated heterocycles. The lowest BCUT2D eigenvalue weighted by Gasteiger charge is -2.08. The summed E-state index contributed by atoms with van der Waals surface area (Å²) in [5.74, 6) is 1.67. The molecule has 106 valence electrons. The molecule has 0 spiro atoms. The van der Waals surface area contributed by atoms with Crippen LogP contribution in [0.4, 0.5) is 5.82 Å². The summed E-state index contributed by atoms with van der Waals surface area (Å²) in [6.07, 6.45) is 1.73. The Labute approximate surface area is 122 Å². The molecule has 2 heterocycles. The average molecular weight is 281 g/mol. The molecule has 0 amide bonds. The molecule has 3 rings (SSSR count). The third-order valence-corrected chi connectivity index (χ3v) is 3.25. The minimum atomic E-state index is 0.337. The van der Waals surface area contributed by atoms with Crippen LogP contribution in [0.15, 0.2) is 47.1 Å². The van der Waals surface area contributed by atoms with E-state index in [0.29, 0.717) is 11.6 Å². The molecule has 0 unspecified atom stereocenters. The first-order chi connectivity index (χ1) is 10.2. The lowest BCUT2D eigenvalue weighted by molar-refractivity contribution is 0.416. The third-order valence-electron chi connectivity index (χ3n) is 3.25. The standard InChI is InChI=1S/C16H15N3O2/c1-10-9-11(7-8-18-10)15-14(16(17)19-21-15)12-5-3-4-6-13(12)20-2/h3-9H,1-2H3,(H2,17,19). The largest absolute Gasteiger partial charge is 0.496 e. The molecule has 2 aromatic heterocycles. The maximum absolute atomic E-state index is 6.00. The van der Waals surface area contributed by atoms with Crippen molar-refractivity contribution < 1.29 is 9.26 Å². The monoisotopic (exact) mass is 281 g/mol. The summed E-state index contributed by atoms with van der Waals surface area (Å²) in [4.78, 5) is 4.19. The fraction of sp³-hybridized carbons (Fsp3) is 0.125.